The molecule has 0 unspecified atom stereocenters. The summed E-state index contributed by atoms with van der Waals surface area (Å²) >= 11 is 1.46. The van der Waals surface area contributed by atoms with Gasteiger partial charge < -0.3 is 9.47 Å². The molecule has 0 amide bonds. The van der Waals surface area contributed by atoms with E-state index in [1.165, 1.54) is 28.3 Å². The Balaban J connectivity index is 1.46. The first-order valence-corrected chi connectivity index (χ1v) is 9.69. The van der Waals surface area contributed by atoms with Crippen LogP contribution in [-0.4, -0.2) is 48.0 Å². The van der Waals surface area contributed by atoms with Crippen molar-refractivity contribution in [1.29, 1.82) is 0 Å². The summed E-state index contributed by atoms with van der Waals surface area (Å²) in [5.41, 5.74) is 1.29. The zero-order chi connectivity index (χ0) is 15.8. The lowest BCUT2D eigenvalue weighted by Crippen LogP contribution is -2.48. The van der Waals surface area contributed by atoms with Crippen molar-refractivity contribution >= 4 is 11.3 Å². The Morgan fingerprint density at radius 2 is 2.09 bits per heavy atom. The van der Waals surface area contributed by atoms with Crippen molar-refractivity contribution in [3.05, 3.63) is 20.2 Å². The predicted molar refractivity (Wildman–Crippen MR) is 90.1 cm³/mol. The Morgan fingerprint density at radius 1 is 1.22 bits per heavy atom. The molecule has 0 aromatic carbocycles. The van der Waals surface area contributed by atoms with Gasteiger partial charge in [-0.3, -0.25) is 14.3 Å². The highest BCUT2D eigenvalue weighted by molar-refractivity contribution is 7.09. The average Bonchev–Trinajstić information content (AvgIpc) is 3.17. The smallest absolute Gasteiger partial charge is 0.308 e. The molecule has 23 heavy (non-hydrogen) atoms. The van der Waals surface area contributed by atoms with Gasteiger partial charge in [-0.2, -0.15) is 0 Å². The fourth-order valence-corrected chi connectivity index (χ4v) is 5.23. The summed E-state index contributed by atoms with van der Waals surface area (Å²) in [5.74, 6) is 0.710. The fourth-order valence-electron chi connectivity index (χ4n) is 4.04. The SMILES string of the molecule is C[C@@H]1CCc2c(sc(=O)n2CN2CCO[C@H]([C@H]3CCCO3)C2)C1. The third-order valence-electron chi connectivity index (χ3n) is 5.38. The standard InChI is InChI=1S/C17H26N2O3S/c1-12-4-5-13-16(9-12)23-17(20)19(13)11-18-6-8-22-15(10-18)14-3-2-7-21-14/h12,14-15H,2-11H2,1H3/t12-,14-,15+/m1/s1. The van der Waals surface area contributed by atoms with Gasteiger partial charge in [-0.25, -0.2) is 0 Å². The summed E-state index contributed by atoms with van der Waals surface area (Å²) in [6.45, 7) is 6.37. The van der Waals surface area contributed by atoms with E-state index in [-0.39, 0.29) is 17.1 Å². The fraction of sp³-hybridized carbons (Fsp3) is 0.824. The van der Waals surface area contributed by atoms with Crippen LogP contribution in [-0.2, 0) is 29.0 Å². The highest BCUT2D eigenvalue weighted by atomic mass is 32.1. The van der Waals surface area contributed by atoms with Gasteiger partial charge in [0.25, 0.3) is 0 Å². The molecule has 3 aliphatic rings. The molecule has 6 heteroatoms. The first kappa shape index (κ1) is 15.8. The predicted octanol–water partition coefficient (Wildman–Crippen LogP) is 1.87. The van der Waals surface area contributed by atoms with E-state index >= 15 is 0 Å². The molecule has 0 saturated carbocycles. The Morgan fingerprint density at radius 3 is 2.91 bits per heavy atom. The minimum Gasteiger partial charge on any atom is -0.375 e. The second-order valence-corrected chi connectivity index (χ2v) is 8.24. The van der Waals surface area contributed by atoms with Crippen LogP contribution in [0.25, 0.3) is 0 Å². The summed E-state index contributed by atoms with van der Waals surface area (Å²) < 4.78 is 13.7. The molecule has 3 heterocycles. The minimum atomic E-state index is 0.163. The van der Waals surface area contributed by atoms with Crippen molar-refractivity contribution < 1.29 is 9.47 Å². The van der Waals surface area contributed by atoms with E-state index in [4.69, 9.17) is 9.47 Å². The molecular formula is C17H26N2O3S. The molecule has 128 valence electrons. The summed E-state index contributed by atoms with van der Waals surface area (Å²) in [7, 11) is 0. The van der Waals surface area contributed by atoms with Crippen LogP contribution < -0.4 is 4.87 Å². The molecule has 0 radical (unpaired) electrons. The number of morpholine rings is 1. The van der Waals surface area contributed by atoms with Crippen LogP contribution in [0.5, 0.6) is 0 Å². The zero-order valence-electron chi connectivity index (χ0n) is 13.8. The van der Waals surface area contributed by atoms with E-state index in [1.807, 2.05) is 4.57 Å². The van der Waals surface area contributed by atoms with Crippen molar-refractivity contribution in [3.8, 4) is 0 Å². The molecule has 0 spiro atoms. The molecule has 2 fully saturated rings. The quantitative estimate of drug-likeness (QED) is 0.844. The number of hydrogen-bond donors (Lipinski definition) is 0. The maximum Gasteiger partial charge on any atom is 0.308 e. The van der Waals surface area contributed by atoms with E-state index < -0.39 is 0 Å². The summed E-state index contributed by atoms with van der Waals surface area (Å²) in [5, 5.41) is 0. The Labute approximate surface area is 141 Å². The molecule has 4 rings (SSSR count). The third-order valence-corrected chi connectivity index (χ3v) is 6.43. The molecule has 3 atom stereocenters. The number of hydrogen-bond acceptors (Lipinski definition) is 5. The third kappa shape index (κ3) is 3.27. The second-order valence-electron chi connectivity index (χ2n) is 7.19. The van der Waals surface area contributed by atoms with Crippen molar-refractivity contribution in [2.24, 2.45) is 5.92 Å². The number of aromatic nitrogens is 1. The molecule has 0 bridgehead atoms. The van der Waals surface area contributed by atoms with Gasteiger partial charge in [0.05, 0.1) is 25.5 Å². The van der Waals surface area contributed by atoms with Gasteiger partial charge in [-0.05, 0) is 38.0 Å². The van der Waals surface area contributed by atoms with Crippen LogP contribution in [0.15, 0.2) is 4.79 Å². The number of nitrogens with zero attached hydrogens (tertiary/aromatic N) is 2. The van der Waals surface area contributed by atoms with E-state index in [2.05, 4.69) is 11.8 Å². The van der Waals surface area contributed by atoms with Crippen molar-refractivity contribution in [2.45, 2.75) is 57.9 Å². The summed E-state index contributed by atoms with van der Waals surface area (Å²) in [4.78, 5) is 16.3. The normalized spacial score (nSPS) is 32.1. The summed E-state index contributed by atoms with van der Waals surface area (Å²) in [6.07, 6.45) is 5.97. The van der Waals surface area contributed by atoms with E-state index in [0.29, 0.717) is 12.6 Å². The Hall–Kier alpha value is -0.690. The maximum absolute atomic E-state index is 12.4. The van der Waals surface area contributed by atoms with E-state index in [0.717, 1.165) is 52.0 Å². The second kappa shape index (κ2) is 6.67. The van der Waals surface area contributed by atoms with Gasteiger partial charge in [-0.15, -0.1) is 0 Å². The van der Waals surface area contributed by atoms with E-state index in [9.17, 15) is 4.79 Å². The Bertz CT molecular complexity index is 605. The van der Waals surface area contributed by atoms with Crippen LogP contribution >= 0.6 is 11.3 Å². The van der Waals surface area contributed by atoms with Gasteiger partial charge in [0, 0.05) is 30.3 Å². The number of ether oxygens (including phenoxy) is 2. The largest absolute Gasteiger partial charge is 0.375 e. The lowest BCUT2D eigenvalue weighted by Gasteiger charge is -2.35. The average molecular weight is 338 g/mol. The molecular weight excluding hydrogens is 312 g/mol. The number of rotatable bonds is 3. The van der Waals surface area contributed by atoms with Crippen molar-refractivity contribution in [1.82, 2.24) is 9.47 Å². The topological polar surface area (TPSA) is 43.7 Å². The van der Waals surface area contributed by atoms with Gasteiger partial charge in [-0.1, -0.05) is 18.3 Å². The molecule has 1 aromatic heterocycles. The molecule has 2 aliphatic heterocycles. The van der Waals surface area contributed by atoms with Crippen molar-refractivity contribution in [2.75, 3.05) is 26.3 Å². The maximum atomic E-state index is 12.4. The van der Waals surface area contributed by atoms with E-state index in [1.54, 1.807) is 0 Å². The van der Waals surface area contributed by atoms with Gasteiger partial charge in [0.2, 0.25) is 0 Å². The molecule has 1 aromatic rings. The highest BCUT2D eigenvalue weighted by Gasteiger charge is 2.32. The van der Waals surface area contributed by atoms with Gasteiger partial charge in [0.1, 0.15) is 0 Å². The molecule has 1 aliphatic carbocycles. The van der Waals surface area contributed by atoms with Crippen LogP contribution in [0, 0.1) is 5.92 Å². The molecule has 2 saturated heterocycles. The van der Waals surface area contributed by atoms with Crippen LogP contribution in [0.3, 0.4) is 0 Å². The van der Waals surface area contributed by atoms with Gasteiger partial charge in [0.15, 0.2) is 0 Å². The zero-order valence-corrected chi connectivity index (χ0v) is 14.6. The lowest BCUT2D eigenvalue weighted by atomic mass is 9.93. The van der Waals surface area contributed by atoms with Crippen LogP contribution in [0.4, 0.5) is 0 Å². The molecule has 5 nitrogen and oxygen atoms in total. The number of fused-ring (bicyclic) bond motifs is 1. The monoisotopic (exact) mass is 338 g/mol. The van der Waals surface area contributed by atoms with Crippen molar-refractivity contribution in [3.63, 3.8) is 0 Å². The lowest BCUT2D eigenvalue weighted by molar-refractivity contribution is -0.100. The summed E-state index contributed by atoms with van der Waals surface area (Å²) in [6, 6.07) is 0. The number of thiazole rings is 1. The van der Waals surface area contributed by atoms with Crippen LogP contribution in [0.1, 0.15) is 36.8 Å². The first-order valence-electron chi connectivity index (χ1n) is 8.87. The minimum absolute atomic E-state index is 0.163. The van der Waals surface area contributed by atoms with Gasteiger partial charge >= 0.3 is 4.87 Å². The Kier molecular flexibility index (Phi) is 4.58. The highest BCUT2D eigenvalue weighted by Crippen LogP contribution is 2.28. The first-order chi connectivity index (χ1) is 11.2. The van der Waals surface area contributed by atoms with Crippen LogP contribution in [0.2, 0.25) is 0 Å². The molecule has 0 N–H and O–H groups in total.